The molecule has 0 aliphatic rings. The lowest BCUT2D eigenvalue weighted by atomic mass is 9.97. The van der Waals surface area contributed by atoms with Crippen LogP contribution in [0.1, 0.15) is 119 Å². The van der Waals surface area contributed by atoms with E-state index in [0.29, 0.717) is 19.1 Å². The Kier molecular flexibility index (Phi) is 23.0. The van der Waals surface area contributed by atoms with E-state index >= 15 is 0 Å². The van der Waals surface area contributed by atoms with Gasteiger partial charge in [0.1, 0.15) is 0 Å². The molecule has 2 unspecified atom stereocenters. The Hall–Kier alpha value is -0.0800. The van der Waals surface area contributed by atoms with Crippen LogP contribution in [0.4, 0.5) is 0 Å². The van der Waals surface area contributed by atoms with Gasteiger partial charge in [0.2, 0.25) is 0 Å². The van der Waals surface area contributed by atoms with Gasteiger partial charge in [0, 0.05) is 13.2 Å². The second kappa shape index (κ2) is 21.2. The maximum absolute atomic E-state index is 8.71. The molecule has 0 aromatic carbocycles. The summed E-state index contributed by atoms with van der Waals surface area (Å²) in [5.74, 6) is 3.23. The van der Waals surface area contributed by atoms with Crippen molar-refractivity contribution in [2.75, 3.05) is 13.2 Å². The lowest BCUT2D eigenvalue weighted by Gasteiger charge is -2.10. The number of unbranched alkanes of at least 4 members (excludes halogenated alkanes) is 3. The first-order chi connectivity index (χ1) is 12.3. The Morgan fingerprint density at radius 2 is 0.808 bits per heavy atom. The second-order valence-corrected chi connectivity index (χ2v) is 9.30. The molecular formula is C24H52O2. The van der Waals surface area contributed by atoms with Gasteiger partial charge < -0.3 is 10.2 Å². The van der Waals surface area contributed by atoms with Crippen LogP contribution >= 0.6 is 0 Å². The molecule has 0 aliphatic carbocycles. The summed E-state index contributed by atoms with van der Waals surface area (Å²) in [6.07, 6.45) is 15.3. The van der Waals surface area contributed by atoms with E-state index in [4.69, 9.17) is 10.2 Å². The Balaban J connectivity index is 0. The fourth-order valence-electron chi connectivity index (χ4n) is 3.22. The van der Waals surface area contributed by atoms with Crippen molar-refractivity contribution in [3.63, 3.8) is 0 Å². The molecule has 0 aromatic rings. The molecule has 26 heavy (non-hydrogen) atoms. The summed E-state index contributed by atoms with van der Waals surface area (Å²) in [5.41, 5.74) is 0. The molecule has 0 fully saturated rings. The molecule has 0 heterocycles. The highest BCUT2D eigenvalue weighted by atomic mass is 16.3. The fourth-order valence-corrected chi connectivity index (χ4v) is 3.22. The first-order valence-electron chi connectivity index (χ1n) is 11.5. The number of aliphatic hydroxyl groups is 2. The summed E-state index contributed by atoms with van der Waals surface area (Å²) >= 11 is 0. The molecule has 0 rings (SSSR count). The average Bonchev–Trinajstić information content (AvgIpc) is 2.57. The van der Waals surface area contributed by atoms with Crippen molar-refractivity contribution in [3.05, 3.63) is 0 Å². The minimum absolute atomic E-state index is 0.354. The zero-order valence-corrected chi connectivity index (χ0v) is 19.1. The standard InChI is InChI=1S/2C12H26O/c1-11(2)7-4-5-8-12(3)9-6-10-13;1-11(2)7-5-4-6-8-12(3)9-10-13/h2*11-13H,4-10H2,1-3H3. The minimum atomic E-state index is 0.354. The Morgan fingerprint density at radius 1 is 0.423 bits per heavy atom. The predicted octanol–water partition coefficient (Wildman–Crippen LogP) is 7.22. The van der Waals surface area contributed by atoms with E-state index in [2.05, 4.69) is 41.5 Å². The van der Waals surface area contributed by atoms with E-state index in [1.54, 1.807) is 0 Å². The van der Waals surface area contributed by atoms with Crippen molar-refractivity contribution in [2.24, 2.45) is 23.7 Å². The van der Waals surface area contributed by atoms with Gasteiger partial charge >= 0.3 is 0 Å². The van der Waals surface area contributed by atoms with Gasteiger partial charge in [-0.3, -0.25) is 0 Å². The molecule has 0 spiro atoms. The highest BCUT2D eigenvalue weighted by Gasteiger charge is 2.02. The molecule has 0 saturated heterocycles. The van der Waals surface area contributed by atoms with Gasteiger partial charge in [-0.15, -0.1) is 0 Å². The molecule has 0 aliphatic heterocycles. The third kappa shape index (κ3) is 26.2. The molecule has 2 N–H and O–H groups in total. The van der Waals surface area contributed by atoms with E-state index in [0.717, 1.165) is 30.6 Å². The number of hydrogen-bond donors (Lipinski definition) is 2. The summed E-state index contributed by atoms with van der Waals surface area (Å²) in [7, 11) is 0. The molecule has 160 valence electrons. The lowest BCUT2D eigenvalue weighted by Crippen LogP contribution is -1.98. The van der Waals surface area contributed by atoms with Crippen LogP contribution in [0.5, 0.6) is 0 Å². The van der Waals surface area contributed by atoms with Gasteiger partial charge in [-0.2, -0.15) is 0 Å². The van der Waals surface area contributed by atoms with Crippen LogP contribution in [0.2, 0.25) is 0 Å². The zero-order valence-electron chi connectivity index (χ0n) is 19.1. The predicted molar refractivity (Wildman–Crippen MR) is 118 cm³/mol. The van der Waals surface area contributed by atoms with Crippen molar-refractivity contribution in [1.29, 1.82) is 0 Å². The van der Waals surface area contributed by atoms with E-state index in [1.807, 2.05) is 0 Å². The summed E-state index contributed by atoms with van der Waals surface area (Å²) < 4.78 is 0. The molecule has 2 atom stereocenters. The van der Waals surface area contributed by atoms with Crippen molar-refractivity contribution >= 4 is 0 Å². The maximum atomic E-state index is 8.71. The van der Waals surface area contributed by atoms with Crippen LogP contribution in [0.3, 0.4) is 0 Å². The third-order valence-corrected chi connectivity index (χ3v) is 5.18. The van der Waals surface area contributed by atoms with E-state index in [9.17, 15) is 0 Å². The second-order valence-electron chi connectivity index (χ2n) is 9.30. The Bertz CT molecular complexity index is 251. The minimum Gasteiger partial charge on any atom is -0.396 e. The zero-order chi connectivity index (χ0) is 20.2. The van der Waals surface area contributed by atoms with Gasteiger partial charge in [0.05, 0.1) is 0 Å². The van der Waals surface area contributed by atoms with Crippen LogP contribution in [0.25, 0.3) is 0 Å². The SMILES string of the molecule is CC(C)CCCCC(C)CCCO.CC(C)CCCCCC(C)CCO. The first kappa shape index (κ1) is 28.1. The monoisotopic (exact) mass is 372 g/mol. The van der Waals surface area contributed by atoms with Crippen molar-refractivity contribution in [3.8, 4) is 0 Å². The maximum Gasteiger partial charge on any atom is 0.0433 e. The molecule has 0 saturated carbocycles. The van der Waals surface area contributed by atoms with Gasteiger partial charge in [0.25, 0.3) is 0 Å². The van der Waals surface area contributed by atoms with Crippen LogP contribution in [-0.4, -0.2) is 23.4 Å². The Morgan fingerprint density at radius 3 is 1.27 bits per heavy atom. The summed E-state index contributed by atoms with van der Waals surface area (Å²) in [6, 6.07) is 0. The Labute approximate surface area is 166 Å². The number of hydrogen-bond acceptors (Lipinski definition) is 2. The van der Waals surface area contributed by atoms with E-state index in [1.165, 1.54) is 64.2 Å². The summed E-state index contributed by atoms with van der Waals surface area (Å²) in [4.78, 5) is 0. The van der Waals surface area contributed by atoms with E-state index < -0.39 is 0 Å². The largest absolute Gasteiger partial charge is 0.396 e. The van der Waals surface area contributed by atoms with Crippen LogP contribution in [-0.2, 0) is 0 Å². The number of rotatable bonds is 16. The highest BCUT2D eigenvalue weighted by molar-refractivity contribution is 4.55. The van der Waals surface area contributed by atoms with Crippen molar-refractivity contribution < 1.29 is 10.2 Å². The van der Waals surface area contributed by atoms with Gasteiger partial charge in [-0.1, -0.05) is 99.3 Å². The van der Waals surface area contributed by atoms with Gasteiger partial charge in [-0.05, 0) is 42.9 Å². The average molecular weight is 373 g/mol. The van der Waals surface area contributed by atoms with Crippen molar-refractivity contribution in [1.82, 2.24) is 0 Å². The summed E-state index contributed by atoms with van der Waals surface area (Å²) in [5, 5.41) is 17.4. The quantitative estimate of drug-likeness (QED) is 0.281. The first-order valence-corrected chi connectivity index (χ1v) is 11.5. The van der Waals surface area contributed by atoms with E-state index in [-0.39, 0.29) is 0 Å². The summed E-state index contributed by atoms with van der Waals surface area (Å²) in [6.45, 7) is 14.4. The molecule has 2 heteroatoms. The third-order valence-electron chi connectivity index (χ3n) is 5.18. The van der Waals surface area contributed by atoms with Gasteiger partial charge in [-0.25, -0.2) is 0 Å². The molecule has 0 aromatic heterocycles. The molecule has 0 bridgehead atoms. The number of aliphatic hydroxyl groups excluding tert-OH is 2. The van der Waals surface area contributed by atoms with Crippen molar-refractivity contribution in [2.45, 2.75) is 119 Å². The lowest BCUT2D eigenvalue weighted by molar-refractivity contribution is 0.256. The topological polar surface area (TPSA) is 40.5 Å². The normalized spacial score (nSPS) is 13.6. The van der Waals surface area contributed by atoms with Crippen LogP contribution < -0.4 is 0 Å². The molecular weight excluding hydrogens is 320 g/mol. The molecule has 0 radical (unpaired) electrons. The van der Waals surface area contributed by atoms with Gasteiger partial charge in [0.15, 0.2) is 0 Å². The molecule has 0 amide bonds. The van der Waals surface area contributed by atoms with Crippen LogP contribution in [0.15, 0.2) is 0 Å². The highest BCUT2D eigenvalue weighted by Crippen LogP contribution is 2.16. The molecule has 2 nitrogen and oxygen atoms in total. The van der Waals surface area contributed by atoms with Crippen LogP contribution in [0, 0.1) is 23.7 Å². The fraction of sp³-hybridized carbons (Fsp3) is 1.00. The smallest absolute Gasteiger partial charge is 0.0433 e.